The lowest BCUT2D eigenvalue weighted by atomic mass is 10.1. The SMILES string of the molecule is C=CCNc1nc(-c2ccncc2)nc(-c2ccc(Cl)cc2)c1C#N. The van der Waals surface area contributed by atoms with Crippen LogP contribution in [0.5, 0.6) is 0 Å². The highest BCUT2D eigenvalue weighted by molar-refractivity contribution is 6.30. The summed E-state index contributed by atoms with van der Waals surface area (Å²) in [6.07, 6.45) is 5.06. The third-order valence-electron chi connectivity index (χ3n) is 3.49. The minimum atomic E-state index is 0.377. The Bertz CT molecular complexity index is 931. The fourth-order valence-corrected chi connectivity index (χ4v) is 2.44. The van der Waals surface area contributed by atoms with E-state index in [1.54, 1.807) is 30.6 Å². The van der Waals surface area contributed by atoms with E-state index in [0.717, 1.165) is 11.1 Å². The number of benzene rings is 1. The summed E-state index contributed by atoms with van der Waals surface area (Å²) < 4.78 is 0. The van der Waals surface area contributed by atoms with Crippen molar-refractivity contribution < 1.29 is 0 Å². The summed E-state index contributed by atoms with van der Waals surface area (Å²) in [6, 6.07) is 13.0. The number of anilines is 1. The van der Waals surface area contributed by atoms with E-state index >= 15 is 0 Å². The Balaban J connectivity index is 2.22. The predicted octanol–water partition coefficient (Wildman–Crippen LogP) is 4.33. The summed E-state index contributed by atoms with van der Waals surface area (Å²) >= 11 is 5.97. The van der Waals surface area contributed by atoms with Crippen molar-refractivity contribution in [2.75, 3.05) is 11.9 Å². The molecule has 0 aliphatic heterocycles. The molecule has 0 radical (unpaired) electrons. The predicted molar refractivity (Wildman–Crippen MR) is 99.1 cm³/mol. The van der Waals surface area contributed by atoms with E-state index in [1.165, 1.54) is 0 Å². The van der Waals surface area contributed by atoms with Gasteiger partial charge in [-0.1, -0.05) is 29.8 Å². The van der Waals surface area contributed by atoms with Crippen LogP contribution in [0, 0.1) is 11.3 Å². The molecule has 1 aromatic carbocycles. The van der Waals surface area contributed by atoms with E-state index in [1.807, 2.05) is 24.3 Å². The van der Waals surface area contributed by atoms with Crippen LogP contribution >= 0.6 is 11.6 Å². The molecule has 0 bridgehead atoms. The topological polar surface area (TPSA) is 74.5 Å². The lowest BCUT2D eigenvalue weighted by Crippen LogP contribution is -2.07. The monoisotopic (exact) mass is 347 g/mol. The fraction of sp³-hybridized carbons (Fsp3) is 0.0526. The Morgan fingerprint density at radius 2 is 1.80 bits per heavy atom. The normalized spacial score (nSPS) is 10.1. The van der Waals surface area contributed by atoms with Crippen LogP contribution in [0.25, 0.3) is 22.6 Å². The Morgan fingerprint density at radius 3 is 2.44 bits per heavy atom. The molecule has 122 valence electrons. The van der Waals surface area contributed by atoms with Crippen molar-refractivity contribution in [2.45, 2.75) is 0 Å². The third kappa shape index (κ3) is 3.65. The molecule has 0 fully saturated rings. The molecule has 0 saturated carbocycles. The van der Waals surface area contributed by atoms with Gasteiger partial charge in [0.05, 0.1) is 5.69 Å². The number of nitriles is 1. The van der Waals surface area contributed by atoms with E-state index in [-0.39, 0.29) is 0 Å². The molecule has 2 heterocycles. The fourth-order valence-electron chi connectivity index (χ4n) is 2.31. The molecule has 0 aliphatic carbocycles. The largest absolute Gasteiger partial charge is 0.365 e. The summed E-state index contributed by atoms with van der Waals surface area (Å²) in [5.41, 5.74) is 2.53. The van der Waals surface area contributed by atoms with Gasteiger partial charge in [0.15, 0.2) is 5.82 Å². The summed E-state index contributed by atoms with van der Waals surface area (Å²) in [6.45, 7) is 4.18. The van der Waals surface area contributed by atoms with E-state index in [4.69, 9.17) is 11.6 Å². The molecular formula is C19H14ClN5. The Kier molecular flexibility index (Phi) is 5.03. The van der Waals surface area contributed by atoms with Crippen molar-refractivity contribution >= 4 is 17.4 Å². The van der Waals surface area contributed by atoms with Gasteiger partial charge in [-0.05, 0) is 24.3 Å². The maximum absolute atomic E-state index is 9.64. The number of hydrogen-bond donors (Lipinski definition) is 1. The van der Waals surface area contributed by atoms with Gasteiger partial charge in [-0.25, -0.2) is 9.97 Å². The van der Waals surface area contributed by atoms with Crippen LogP contribution in [0.1, 0.15) is 5.56 Å². The Morgan fingerprint density at radius 1 is 1.08 bits per heavy atom. The molecule has 3 aromatic rings. The molecule has 3 rings (SSSR count). The zero-order chi connectivity index (χ0) is 17.6. The Labute approximate surface area is 150 Å². The van der Waals surface area contributed by atoms with Crippen LogP contribution in [0.3, 0.4) is 0 Å². The molecule has 0 saturated heterocycles. The number of aromatic nitrogens is 3. The number of halogens is 1. The summed E-state index contributed by atoms with van der Waals surface area (Å²) in [7, 11) is 0. The number of pyridine rings is 1. The lowest BCUT2D eigenvalue weighted by Gasteiger charge is -2.12. The molecule has 0 amide bonds. The number of hydrogen-bond acceptors (Lipinski definition) is 5. The van der Waals surface area contributed by atoms with Crippen LogP contribution in [-0.2, 0) is 0 Å². The smallest absolute Gasteiger partial charge is 0.162 e. The molecule has 0 aliphatic rings. The molecule has 2 aromatic heterocycles. The average molecular weight is 348 g/mol. The van der Waals surface area contributed by atoms with Crippen LogP contribution in [0.4, 0.5) is 5.82 Å². The van der Waals surface area contributed by atoms with Crippen molar-refractivity contribution in [1.82, 2.24) is 15.0 Å². The molecule has 0 atom stereocenters. The second-order valence-electron chi connectivity index (χ2n) is 5.14. The molecule has 1 N–H and O–H groups in total. The summed E-state index contributed by atoms with van der Waals surface area (Å²) in [4.78, 5) is 13.1. The highest BCUT2D eigenvalue weighted by Crippen LogP contribution is 2.29. The number of nitrogens with zero attached hydrogens (tertiary/aromatic N) is 4. The van der Waals surface area contributed by atoms with Crippen molar-refractivity contribution in [3.05, 3.63) is 72.0 Å². The summed E-state index contributed by atoms with van der Waals surface area (Å²) in [5.74, 6) is 0.979. The van der Waals surface area contributed by atoms with Gasteiger partial charge in [-0.3, -0.25) is 4.98 Å². The highest BCUT2D eigenvalue weighted by Gasteiger charge is 2.16. The van der Waals surface area contributed by atoms with Crippen molar-refractivity contribution in [2.24, 2.45) is 0 Å². The van der Waals surface area contributed by atoms with E-state index < -0.39 is 0 Å². The highest BCUT2D eigenvalue weighted by atomic mass is 35.5. The van der Waals surface area contributed by atoms with Gasteiger partial charge in [0, 0.05) is 35.1 Å². The minimum absolute atomic E-state index is 0.377. The third-order valence-corrected chi connectivity index (χ3v) is 3.74. The number of nitrogens with one attached hydrogen (secondary N) is 1. The van der Waals surface area contributed by atoms with Gasteiger partial charge >= 0.3 is 0 Å². The molecule has 0 spiro atoms. The van der Waals surface area contributed by atoms with Gasteiger partial charge in [-0.2, -0.15) is 5.26 Å². The van der Waals surface area contributed by atoms with E-state index in [2.05, 4.69) is 32.9 Å². The molecular weight excluding hydrogens is 334 g/mol. The lowest BCUT2D eigenvalue weighted by molar-refractivity contribution is 1.13. The first kappa shape index (κ1) is 16.6. The maximum Gasteiger partial charge on any atom is 0.162 e. The first-order valence-corrected chi connectivity index (χ1v) is 7.94. The van der Waals surface area contributed by atoms with E-state index in [9.17, 15) is 5.26 Å². The quantitative estimate of drug-likeness (QED) is 0.695. The van der Waals surface area contributed by atoms with Crippen LogP contribution < -0.4 is 5.32 Å². The standard InChI is InChI=1S/C19H14ClN5/c1-2-9-23-19-16(12-21)17(13-3-5-15(20)6-4-13)24-18(25-19)14-7-10-22-11-8-14/h2-8,10-11H,1,9H2,(H,23,24,25). The van der Waals surface area contributed by atoms with Crippen LogP contribution in [0.15, 0.2) is 61.4 Å². The zero-order valence-electron chi connectivity index (χ0n) is 13.3. The second-order valence-corrected chi connectivity index (χ2v) is 5.58. The van der Waals surface area contributed by atoms with Crippen molar-refractivity contribution in [3.8, 4) is 28.7 Å². The van der Waals surface area contributed by atoms with Gasteiger partial charge < -0.3 is 5.32 Å². The first-order valence-electron chi connectivity index (χ1n) is 7.56. The minimum Gasteiger partial charge on any atom is -0.365 e. The van der Waals surface area contributed by atoms with Gasteiger partial charge in [0.25, 0.3) is 0 Å². The number of rotatable bonds is 5. The van der Waals surface area contributed by atoms with Gasteiger partial charge in [0.1, 0.15) is 17.5 Å². The molecule has 25 heavy (non-hydrogen) atoms. The van der Waals surface area contributed by atoms with Crippen molar-refractivity contribution in [1.29, 1.82) is 5.26 Å². The van der Waals surface area contributed by atoms with Crippen LogP contribution in [0.2, 0.25) is 5.02 Å². The van der Waals surface area contributed by atoms with E-state index in [0.29, 0.717) is 34.5 Å². The van der Waals surface area contributed by atoms with Crippen LogP contribution in [-0.4, -0.2) is 21.5 Å². The zero-order valence-corrected chi connectivity index (χ0v) is 14.0. The molecule has 6 heteroatoms. The molecule has 0 unspecified atom stereocenters. The van der Waals surface area contributed by atoms with Gasteiger partial charge in [-0.15, -0.1) is 6.58 Å². The Hall–Kier alpha value is -3.23. The van der Waals surface area contributed by atoms with Crippen molar-refractivity contribution in [3.63, 3.8) is 0 Å². The molecule has 5 nitrogen and oxygen atoms in total. The average Bonchev–Trinajstić information content (AvgIpc) is 2.67. The maximum atomic E-state index is 9.64. The summed E-state index contributed by atoms with van der Waals surface area (Å²) in [5, 5.41) is 13.4. The first-order chi connectivity index (χ1) is 12.2. The second kappa shape index (κ2) is 7.56. The van der Waals surface area contributed by atoms with Gasteiger partial charge in [0.2, 0.25) is 0 Å².